The van der Waals surface area contributed by atoms with Crippen LogP contribution in [0.5, 0.6) is 11.5 Å². The number of halogens is 1. The van der Waals surface area contributed by atoms with Gasteiger partial charge < -0.3 is 14.8 Å². The number of hydrogen-bond acceptors (Lipinski definition) is 6. The first-order chi connectivity index (χ1) is 13.8. The molecule has 7 nitrogen and oxygen atoms in total. The number of amides is 1. The van der Waals surface area contributed by atoms with E-state index in [1.165, 1.54) is 42.0 Å². The van der Waals surface area contributed by atoms with Gasteiger partial charge in [-0.25, -0.2) is 8.42 Å². The molecule has 1 fully saturated rings. The van der Waals surface area contributed by atoms with Gasteiger partial charge in [0.05, 0.1) is 30.0 Å². The predicted octanol–water partition coefficient (Wildman–Crippen LogP) is 3.14. The van der Waals surface area contributed by atoms with Crippen molar-refractivity contribution in [3.05, 3.63) is 39.5 Å². The van der Waals surface area contributed by atoms with Gasteiger partial charge in [0.1, 0.15) is 0 Å². The average molecular weight is 459 g/mol. The molecule has 0 atom stereocenters. The Morgan fingerprint density at radius 1 is 1.17 bits per heavy atom. The molecule has 10 heteroatoms. The first-order valence-corrected chi connectivity index (χ1v) is 11.7. The molecular formula is C19H23ClN2O5S2. The summed E-state index contributed by atoms with van der Waals surface area (Å²) in [6.45, 7) is 1.01. The molecule has 1 saturated heterocycles. The van der Waals surface area contributed by atoms with E-state index in [1.807, 2.05) is 6.07 Å². The van der Waals surface area contributed by atoms with Crippen LogP contribution in [0.2, 0.25) is 4.34 Å². The standard InChI is InChI=1S/C19H23ClN2O5S2/c1-26-16-5-4-15(11-17(16)27-2)29(24,25)22-9-7-13(8-10-22)19(23)21-12-14-3-6-18(20)28-14/h3-6,11,13H,7-10,12H2,1-2H3,(H,21,23). The van der Waals surface area contributed by atoms with E-state index >= 15 is 0 Å². The Bertz CT molecular complexity index is 969. The number of nitrogens with zero attached hydrogens (tertiary/aromatic N) is 1. The molecule has 29 heavy (non-hydrogen) atoms. The van der Waals surface area contributed by atoms with Crippen LogP contribution in [0.25, 0.3) is 0 Å². The first kappa shape index (κ1) is 21.9. The van der Waals surface area contributed by atoms with Crippen molar-refractivity contribution in [1.82, 2.24) is 9.62 Å². The Kier molecular flexibility index (Phi) is 7.05. The number of ether oxygens (including phenoxy) is 2. The highest BCUT2D eigenvalue weighted by atomic mass is 35.5. The maximum atomic E-state index is 13.0. The summed E-state index contributed by atoms with van der Waals surface area (Å²) in [5.41, 5.74) is 0. The summed E-state index contributed by atoms with van der Waals surface area (Å²) in [4.78, 5) is 13.5. The van der Waals surface area contributed by atoms with Gasteiger partial charge in [-0.05, 0) is 37.1 Å². The molecular weight excluding hydrogens is 436 g/mol. The molecule has 2 aromatic rings. The van der Waals surface area contributed by atoms with Gasteiger partial charge in [-0.1, -0.05) is 11.6 Å². The van der Waals surface area contributed by atoms with Gasteiger partial charge in [0.2, 0.25) is 15.9 Å². The quantitative estimate of drug-likeness (QED) is 0.689. The van der Waals surface area contributed by atoms with Crippen LogP contribution in [0.3, 0.4) is 0 Å². The molecule has 1 N–H and O–H groups in total. The fraction of sp³-hybridized carbons (Fsp3) is 0.421. The van der Waals surface area contributed by atoms with Crippen LogP contribution in [0.4, 0.5) is 0 Å². The maximum absolute atomic E-state index is 13.0. The summed E-state index contributed by atoms with van der Waals surface area (Å²) in [6, 6.07) is 8.21. The molecule has 1 aromatic heterocycles. The van der Waals surface area contributed by atoms with Gasteiger partial charge >= 0.3 is 0 Å². The summed E-state index contributed by atoms with van der Waals surface area (Å²) < 4.78 is 38.4. The molecule has 1 amide bonds. The topological polar surface area (TPSA) is 84.9 Å². The highest BCUT2D eigenvalue weighted by Crippen LogP contribution is 2.32. The Labute approximate surface area is 179 Å². The summed E-state index contributed by atoms with van der Waals surface area (Å²) in [6.07, 6.45) is 0.951. The van der Waals surface area contributed by atoms with Crippen LogP contribution in [-0.4, -0.2) is 45.9 Å². The lowest BCUT2D eigenvalue weighted by atomic mass is 9.97. The Morgan fingerprint density at radius 3 is 2.45 bits per heavy atom. The fourth-order valence-corrected chi connectivity index (χ4v) is 5.76. The van der Waals surface area contributed by atoms with Crippen LogP contribution in [0, 0.1) is 5.92 Å². The summed E-state index contributed by atoms with van der Waals surface area (Å²) in [5, 5.41) is 2.91. The second-order valence-corrected chi connectivity index (χ2v) is 10.4. The highest BCUT2D eigenvalue weighted by Gasteiger charge is 2.32. The zero-order valence-electron chi connectivity index (χ0n) is 16.2. The number of rotatable bonds is 7. The number of sulfonamides is 1. The van der Waals surface area contributed by atoms with E-state index in [0.29, 0.717) is 48.3 Å². The summed E-state index contributed by atoms with van der Waals surface area (Å²) in [5.74, 6) is 0.561. The second kappa shape index (κ2) is 9.34. The predicted molar refractivity (Wildman–Crippen MR) is 112 cm³/mol. The monoisotopic (exact) mass is 458 g/mol. The fourth-order valence-electron chi connectivity index (χ4n) is 3.25. The number of thiophene rings is 1. The van der Waals surface area contributed by atoms with Crippen molar-refractivity contribution in [2.45, 2.75) is 24.3 Å². The van der Waals surface area contributed by atoms with E-state index in [1.54, 1.807) is 12.1 Å². The van der Waals surface area contributed by atoms with E-state index in [9.17, 15) is 13.2 Å². The van der Waals surface area contributed by atoms with Crippen LogP contribution < -0.4 is 14.8 Å². The van der Waals surface area contributed by atoms with Crippen molar-refractivity contribution in [1.29, 1.82) is 0 Å². The minimum atomic E-state index is -3.67. The van der Waals surface area contributed by atoms with Crippen LogP contribution in [0.1, 0.15) is 17.7 Å². The van der Waals surface area contributed by atoms with Crippen molar-refractivity contribution in [2.75, 3.05) is 27.3 Å². The minimum absolute atomic E-state index is 0.0577. The third-order valence-corrected chi connectivity index (χ3v) is 8.01. The lowest BCUT2D eigenvalue weighted by Gasteiger charge is -2.30. The molecule has 1 aromatic carbocycles. The lowest BCUT2D eigenvalue weighted by Crippen LogP contribution is -2.42. The van der Waals surface area contributed by atoms with E-state index < -0.39 is 10.0 Å². The van der Waals surface area contributed by atoms with Crippen LogP contribution in [-0.2, 0) is 21.4 Å². The highest BCUT2D eigenvalue weighted by molar-refractivity contribution is 7.89. The molecule has 1 aliphatic heterocycles. The maximum Gasteiger partial charge on any atom is 0.243 e. The van der Waals surface area contributed by atoms with Gasteiger partial charge in [-0.15, -0.1) is 11.3 Å². The zero-order chi connectivity index (χ0) is 21.0. The number of piperidine rings is 1. The van der Waals surface area contributed by atoms with E-state index in [2.05, 4.69) is 5.32 Å². The number of carbonyl (C=O) groups is 1. The van der Waals surface area contributed by atoms with Gasteiger partial charge in [-0.3, -0.25) is 4.79 Å². The summed E-state index contributed by atoms with van der Waals surface area (Å²) in [7, 11) is -0.712. The van der Waals surface area contributed by atoms with Gasteiger partial charge in [0, 0.05) is 30.0 Å². The molecule has 158 valence electrons. The SMILES string of the molecule is COc1ccc(S(=O)(=O)N2CCC(C(=O)NCc3ccc(Cl)s3)CC2)cc1OC. The number of benzene rings is 1. The van der Waals surface area contributed by atoms with E-state index in [-0.39, 0.29) is 16.7 Å². The van der Waals surface area contributed by atoms with Crippen LogP contribution >= 0.6 is 22.9 Å². The molecule has 0 radical (unpaired) electrons. The van der Waals surface area contributed by atoms with Gasteiger partial charge in [0.15, 0.2) is 11.5 Å². The number of carbonyl (C=O) groups excluding carboxylic acids is 1. The Hall–Kier alpha value is -1.81. The molecule has 3 rings (SSSR count). The van der Waals surface area contributed by atoms with Gasteiger partial charge in [-0.2, -0.15) is 4.31 Å². The van der Waals surface area contributed by atoms with E-state index in [4.69, 9.17) is 21.1 Å². The molecule has 0 unspecified atom stereocenters. The zero-order valence-corrected chi connectivity index (χ0v) is 18.6. The molecule has 2 heterocycles. The number of hydrogen-bond donors (Lipinski definition) is 1. The smallest absolute Gasteiger partial charge is 0.243 e. The van der Waals surface area contributed by atoms with Crippen molar-refractivity contribution >= 4 is 38.9 Å². The Balaban J connectivity index is 1.59. The Morgan fingerprint density at radius 2 is 1.86 bits per heavy atom. The largest absolute Gasteiger partial charge is 0.493 e. The first-order valence-electron chi connectivity index (χ1n) is 9.09. The third-order valence-electron chi connectivity index (χ3n) is 4.88. The molecule has 1 aliphatic rings. The third kappa shape index (κ3) is 5.03. The normalized spacial score (nSPS) is 15.8. The van der Waals surface area contributed by atoms with Crippen LogP contribution in [0.15, 0.2) is 35.2 Å². The lowest BCUT2D eigenvalue weighted by molar-refractivity contribution is -0.126. The van der Waals surface area contributed by atoms with Crippen molar-refractivity contribution < 1.29 is 22.7 Å². The molecule has 0 saturated carbocycles. The number of nitrogens with one attached hydrogen (secondary N) is 1. The second-order valence-electron chi connectivity index (χ2n) is 6.62. The molecule has 0 spiro atoms. The van der Waals surface area contributed by atoms with Gasteiger partial charge in [0.25, 0.3) is 0 Å². The minimum Gasteiger partial charge on any atom is -0.493 e. The van der Waals surface area contributed by atoms with Crippen molar-refractivity contribution in [3.63, 3.8) is 0 Å². The van der Waals surface area contributed by atoms with Crippen molar-refractivity contribution in [2.24, 2.45) is 5.92 Å². The van der Waals surface area contributed by atoms with E-state index in [0.717, 1.165) is 4.88 Å². The average Bonchev–Trinajstić information content (AvgIpc) is 3.16. The number of methoxy groups -OCH3 is 2. The molecule has 0 bridgehead atoms. The molecule has 0 aliphatic carbocycles. The van der Waals surface area contributed by atoms with Crippen molar-refractivity contribution in [3.8, 4) is 11.5 Å². The summed E-state index contributed by atoms with van der Waals surface area (Å²) >= 11 is 7.33.